The molecule has 1 aromatic heterocycles. The van der Waals surface area contributed by atoms with Crippen molar-refractivity contribution >= 4 is 11.9 Å². The number of rotatable bonds is 6. The fraction of sp³-hybridized carbons (Fsp3) is 0.308. The fourth-order valence-electron chi connectivity index (χ4n) is 3.87. The Morgan fingerprint density at radius 2 is 1.53 bits per heavy atom. The van der Waals surface area contributed by atoms with E-state index < -0.39 is 60.0 Å². The fourth-order valence-corrected chi connectivity index (χ4v) is 3.87. The zero-order valence-corrected chi connectivity index (χ0v) is 20.3. The summed E-state index contributed by atoms with van der Waals surface area (Å²) in [6, 6.07) is 13.0. The van der Waals surface area contributed by atoms with Crippen molar-refractivity contribution in [2.75, 3.05) is 6.61 Å². The van der Waals surface area contributed by atoms with Gasteiger partial charge in [0.1, 0.15) is 30.6 Å². The number of carbonyl (C=O) groups is 2. The average Bonchev–Trinajstić information content (AvgIpc) is 3.24. The standard InChI is InChI=1S/C26H23F3N2O7/c1-14-3-7-16(8-4-14)23(33)36-13-20-19(38-24(34)17-9-5-15(2)6-10-17)11-21(37-20)31-12-18(26(27,28)29)22(32)30-25(31)35/h3-10,12,19-21H,11,13H2,1-2H3,(H,30,32,35)/t19-,20-,21+/m0/s1. The molecule has 1 aliphatic rings. The van der Waals surface area contributed by atoms with Gasteiger partial charge in [-0.1, -0.05) is 35.4 Å². The average molecular weight is 532 g/mol. The summed E-state index contributed by atoms with van der Waals surface area (Å²) < 4.78 is 57.0. The molecular weight excluding hydrogens is 509 g/mol. The first kappa shape index (κ1) is 26.9. The van der Waals surface area contributed by atoms with Crippen molar-refractivity contribution in [3.63, 3.8) is 0 Å². The van der Waals surface area contributed by atoms with Crippen LogP contribution in [0.2, 0.25) is 0 Å². The summed E-state index contributed by atoms with van der Waals surface area (Å²) in [7, 11) is 0. The van der Waals surface area contributed by atoms with Crippen LogP contribution in [0.3, 0.4) is 0 Å². The van der Waals surface area contributed by atoms with Gasteiger partial charge in [0.2, 0.25) is 0 Å². The molecule has 0 radical (unpaired) electrons. The summed E-state index contributed by atoms with van der Waals surface area (Å²) in [4.78, 5) is 50.9. The van der Waals surface area contributed by atoms with Gasteiger partial charge < -0.3 is 14.2 Å². The molecular formula is C26H23F3N2O7. The van der Waals surface area contributed by atoms with E-state index in [0.29, 0.717) is 10.8 Å². The highest BCUT2D eigenvalue weighted by Gasteiger charge is 2.42. The highest BCUT2D eigenvalue weighted by atomic mass is 19.4. The van der Waals surface area contributed by atoms with Gasteiger partial charge in [0.15, 0.2) is 0 Å². The number of aromatic amines is 1. The van der Waals surface area contributed by atoms with Gasteiger partial charge in [-0.05, 0) is 38.1 Å². The molecule has 0 amide bonds. The maximum Gasteiger partial charge on any atom is 0.423 e. The van der Waals surface area contributed by atoms with E-state index in [9.17, 15) is 32.3 Å². The van der Waals surface area contributed by atoms with E-state index in [1.54, 1.807) is 53.5 Å². The number of halogens is 3. The van der Waals surface area contributed by atoms with Crippen LogP contribution in [0.1, 0.15) is 50.1 Å². The third-order valence-corrected chi connectivity index (χ3v) is 5.98. The SMILES string of the molecule is Cc1ccc(C(=O)OC[C@@H]2O[C@@H](n3cc(C(F)(F)F)c(=O)[nH]c3=O)C[C@@H]2OC(=O)c2ccc(C)cc2)cc1. The predicted molar refractivity (Wildman–Crippen MR) is 127 cm³/mol. The van der Waals surface area contributed by atoms with E-state index in [-0.39, 0.29) is 17.5 Å². The van der Waals surface area contributed by atoms with Crippen molar-refractivity contribution in [1.82, 2.24) is 9.55 Å². The van der Waals surface area contributed by atoms with Gasteiger partial charge in [0.05, 0.1) is 11.1 Å². The number of nitrogens with zero attached hydrogens (tertiary/aromatic N) is 1. The maximum absolute atomic E-state index is 13.3. The van der Waals surface area contributed by atoms with Gasteiger partial charge in [-0.15, -0.1) is 0 Å². The third kappa shape index (κ3) is 6.02. The van der Waals surface area contributed by atoms with Crippen LogP contribution in [-0.2, 0) is 20.4 Å². The quantitative estimate of drug-likeness (QED) is 0.483. The highest BCUT2D eigenvalue weighted by Crippen LogP contribution is 2.32. The molecule has 1 N–H and O–H groups in total. The molecule has 0 bridgehead atoms. The molecule has 0 saturated carbocycles. The number of esters is 2. The number of carbonyl (C=O) groups excluding carboxylic acids is 2. The van der Waals surface area contributed by atoms with Crippen LogP contribution in [-0.4, -0.2) is 40.3 Å². The number of hydrogen-bond acceptors (Lipinski definition) is 7. The Morgan fingerprint density at radius 1 is 0.974 bits per heavy atom. The zero-order valence-electron chi connectivity index (χ0n) is 20.3. The normalized spacial score (nSPS) is 19.2. The zero-order chi connectivity index (χ0) is 27.6. The molecule has 1 saturated heterocycles. The number of ether oxygens (including phenoxy) is 3. The van der Waals surface area contributed by atoms with Gasteiger partial charge in [-0.25, -0.2) is 14.4 Å². The van der Waals surface area contributed by atoms with E-state index in [2.05, 4.69) is 0 Å². The van der Waals surface area contributed by atoms with Gasteiger partial charge in [-0.3, -0.25) is 14.3 Å². The Morgan fingerprint density at radius 3 is 2.08 bits per heavy atom. The molecule has 4 rings (SSSR count). The minimum Gasteiger partial charge on any atom is -0.459 e. The predicted octanol–water partition coefficient (Wildman–Crippen LogP) is 3.54. The number of aromatic nitrogens is 2. The van der Waals surface area contributed by atoms with Gasteiger partial charge in [0.25, 0.3) is 5.56 Å². The number of H-pyrrole nitrogens is 1. The number of nitrogens with one attached hydrogen (secondary N) is 1. The minimum atomic E-state index is -5.03. The molecule has 12 heteroatoms. The number of benzene rings is 2. The first-order valence-corrected chi connectivity index (χ1v) is 11.5. The smallest absolute Gasteiger partial charge is 0.423 e. The Labute approximate surface area is 213 Å². The van der Waals surface area contributed by atoms with Crippen LogP contribution in [0.5, 0.6) is 0 Å². The summed E-state index contributed by atoms with van der Waals surface area (Å²) in [5.74, 6) is -1.43. The van der Waals surface area contributed by atoms with Gasteiger partial charge in [0, 0.05) is 12.6 Å². The lowest BCUT2D eigenvalue weighted by Gasteiger charge is -2.19. The molecule has 3 aromatic rings. The van der Waals surface area contributed by atoms with Gasteiger partial charge >= 0.3 is 23.8 Å². The Bertz CT molecular complexity index is 1440. The van der Waals surface area contributed by atoms with E-state index in [1.165, 1.54) is 0 Å². The van der Waals surface area contributed by atoms with E-state index in [4.69, 9.17) is 14.2 Å². The Kier molecular flexibility index (Phi) is 7.53. The Balaban J connectivity index is 1.58. The van der Waals surface area contributed by atoms with Crippen LogP contribution in [0.15, 0.2) is 64.3 Å². The lowest BCUT2D eigenvalue weighted by molar-refractivity contribution is -0.139. The summed E-state index contributed by atoms with van der Waals surface area (Å²) in [6.07, 6.45) is -8.47. The second kappa shape index (κ2) is 10.7. The number of hydrogen-bond donors (Lipinski definition) is 1. The Hall–Kier alpha value is -4.19. The van der Waals surface area contributed by atoms with Crippen molar-refractivity contribution in [3.8, 4) is 0 Å². The molecule has 200 valence electrons. The highest BCUT2D eigenvalue weighted by molar-refractivity contribution is 5.90. The van der Waals surface area contributed by atoms with Gasteiger partial charge in [-0.2, -0.15) is 13.2 Å². The summed E-state index contributed by atoms with van der Waals surface area (Å²) in [5, 5.41) is 0. The van der Waals surface area contributed by atoms with Crippen molar-refractivity contribution in [2.45, 2.75) is 44.9 Å². The molecule has 1 fully saturated rings. The van der Waals surface area contributed by atoms with E-state index in [0.717, 1.165) is 11.1 Å². The summed E-state index contributed by atoms with van der Waals surface area (Å²) >= 11 is 0. The number of alkyl halides is 3. The second-order valence-corrected chi connectivity index (χ2v) is 8.85. The molecule has 9 nitrogen and oxygen atoms in total. The third-order valence-electron chi connectivity index (χ3n) is 5.98. The molecule has 38 heavy (non-hydrogen) atoms. The molecule has 0 spiro atoms. The van der Waals surface area contributed by atoms with Crippen LogP contribution in [0.4, 0.5) is 13.2 Å². The summed E-state index contributed by atoms with van der Waals surface area (Å²) in [5.41, 5.74) is -2.03. The van der Waals surface area contributed by atoms with Crippen molar-refractivity contribution < 1.29 is 37.0 Å². The lowest BCUT2D eigenvalue weighted by Crippen LogP contribution is -2.36. The molecule has 0 unspecified atom stereocenters. The molecule has 3 atom stereocenters. The largest absolute Gasteiger partial charge is 0.459 e. The monoisotopic (exact) mass is 532 g/mol. The van der Waals surface area contributed by atoms with Crippen molar-refractivity contribution in [1.29, 1.82) is 0 Å². The first-order valence-electron chi connectivity index (χ1n) is 11.5. The number of aryl methyl sites for hydroxylation is 2. The van der Waals surface area contributed by atoms with Crippen molar-refractivity contribution in [2.24, 2.45) is 0 Å². The maximum atomic E-state index is 13.3. The summed E-state index contributed by atoms with van der Waals surface area (Å²) in [6.45, 7) is 3.26. The van der Waals surface area contributed by atoms with E-state index in [1.807, 2.05) is 13.8 Å². The van der Waals surface area contributed by atoms with Crippen LogP contribution in [0.25, 0.3) is 0 Å². The topological polar surface area (TPSA) is 117 Å². The van der Waals surface area contributed by atoms with Crippen LogP contribution in [0, 0.1) is 13.8 Å². The molecule has 1 aliphatic heterocycles. The second-order valence-electron chi connectivity index (χ2n) is 8.85. The minimum absolute atomic E-state index is 0.218. The van der Waals surface area contributed by atoms with Crippen LogP contribution >= 0.6 is 0 Å². The first-order chi connectivity index (χ1) is 17.9. The molecule has 2 aromatic carbocycles. The van der Waals surface area contributed by atoms with Crippen LogP contribution < -0.4 is 11.2 Å². The molecule has 2 heterocycles. The van der Waals surface area contributed by atoms with E-state index >= 15 is 0 Å². The van der Waals surface area contributed by atoms with Crippen molar-refractivity contribution in [3.05, 3.63) is 103 Å². The lowest BCUT2D eigenvalue weighted by atomic mass is 10.1. The molecule has 0 aliphatic carbocycles.